The summed E-state index contributed by atoms with van der Waals surface area (Å²) in [6, 6.07) is 12.5. The van der Waals surface area contributed by atoms with Crippen molar-refractivity contribution in [2.45, 2.75) is 6.92 Å². The third-order valence-electron chi connectivity index (χ3n) is 3.11. The number of hydrazone groups is 1. The Morgan fingerprint density at radius 2 is 1.96 bits per heavy atom. The molecule has 0 aromatic heterocycles. The quantitative estimate of drug-likeness (QED) is 0.577. The number of benzene rings is 2. The molecule has 7 heteroatoms. The first-order valence-corrected chi connectivity index (χ1v) is 8.22. The second-order valence-corrected chi connectivity index (χ2v) is 6.11. The van der Waals surface area contributed by atoms with Gasteiger partial charge in [-0.2, -0.15) is 5.10 Å². The molecule has 1 amide bonds. The molecule has 2 aromatic carbocycles. The number of nitrogens with one attached hydrogen (secondary N) is 1. The first kappa shape index (κ1) is 18.3. The minimum atomic E-state index is -0.357. The number of hydrogen-bond acceptors (Lipinski definition) is 4. The fourth-order valence-electron chi connectivity index (χ4n) is 1.81. The van der Waals surface area contributed by atoms with Crippen molar-refractivity contribution >= 4 is 39.1 Å². The molecule has 0 fully saturated rings. The zero-order chi connectivity index (χ0) is 17.5. The van der Waals surface area contributed by atoms with Crippen LogP contribution in [0, 0.1) is 0 Å². The summed E-state index contributed by atoms with van der Waals surface area (Å²) in [4.78, 5) is 11.8. The van der Waals surface area contributed by atoms with Crippen molar-refractivity contribution in [2.24, 2.45) is 5.10 Å². The van der Waals surface area contributed by atoms with Crippen molar-refractivity contribution in [2.75, 3.05) is 13.7 Å². The minimum Gasteiger partial charge on any atom is -0.497 e. The van der Waals surface area contributed by atoms with E-state index in [1.165, 1.54) is 0 Å². The fourth-order valence-corrected chi connectivity index (χ4v) is 2.61. The maximum atomic E-state index is 11.8. The van der Waals surface area contributed by atoms with Gasteiger partial charge in [0.15, 0.2) is 6.61 Å². The zero-order valence-corrected chi connectivity index (χ0v) is 15.5. The van der Waals surface area contributed by atoms with Crippen molar-refractivity contribution in [1.29, 1.82) is 0 Å². The lowest BCUT2D eigenvalue weighted by Crippen LogP contribution is -2.25. The number of ether oxygens (including phenoxy) is 2. The molecule has 0 saturated carbocycles. The van der Waals surface area contributed by atoms with Crippen LogP contribution >= 0.6 is 27.5 Å². The molecule has 0 aliphatic carbocycles. The largest absolute Gasteiger partial charge is 0.497 e. The topological polar surface area (TPSA) is 59.9 Å². The highest BCUT2D eigenvalue weighted by Gasteiger charge is 2.06. The summed E-state index contributed by atoms with van der Waals surface area (Å²) in [7, 11) is 1.61. The molecular formula is C17H16BrClN2O3. The summed E-state index contributed by atoms with van der Waals surface area (Å²) >= 11 is 9.17. The predicted molar refractivity (Wildman–Crippen MR) is 98.0 cm³/mol. The third kappa shape index (κ3) is 5.25. The third-order valence-corrected chi connectivity index (χ3v) is 3.96. The molecular weight excluding hydrogens is 396 g/mol. The number of nitrogens with zero attached hydrogens (tertiary/aromatic N) is 1. The van der Waals surface area contributed by atoms with Crippen LogP contribution in [0.15, 0.2) is 52.0 Å². The highest BCUT2D eigenvalue weighted by molar-refractivity contribution is 9.10. The highest BCUT2D eigenvalue weighted by Crippen LogP contribution is 2.27. The molecule has 0 unspecified atom stereocenters. The SMILES string of the molecule is COc1ccc(C(C)=NNC(=O)COc2ccc(Cl)cc2Br)cc1. The van der Waals surface area contributed by atoms with Gasteiger partial charge in [-0.1, -0.05) is 11.6 Å². The van der Waals surface area contributed by atoms with E-state index in [0.29, 0.717) is 21.0 Å². The molecule has 1 N–H and O–H groups in total. The van der Waals surface area contributed by atoms with Crippen LogP contribution in [0.5, 0.6) is 11.5 Å². The Morgan fingerprint density at radius 3 is 2.58 bits per heavy atom. The molecule has 0 saturated heterocycles. The van der Waals surface area contributed by atoms with Gasteiger partial charge < -0.3 is 9.47 Å². The Bertz CT molecular complexity index is 748. The average Bonchev–Trinajstić information content (AvgIpc) is 2.59. The lowest BCUT2D eigenvalue weighted by atomic mass is 10.1. The number of halogens is 2. The van der Waals surface area contributed by atoms with Crippen LogP contribution in [0.2, 0.25) is 5.02 Å². The number of hydrogen-bond donors (Lipinski definition) is 1. The van der Waals surface area contributed by atoms with Crippen molar-refractivity contribution in [3.63, 3.8) is 0 Å². The Balaban J connectivity index is 1.89. The van der Waals surface area contributed by atoms with Crippen molar-refractivity contribution in [1.82, 2.24) is 5.43 Å². The summed E-state index contributed by atoms with van der Waals surface area (Å²) < 4.78 is 11.2. The van der Waals surface area contributed by atoms with Crippen LogP contribution in [0.4, 0.5) is 0 Å². The minimum absolute atomic E-state index is 0.153. The normalized spacial score (nSPS) is 11.1. The first-order valence-electron chi connectivity index (χ1n) is 7.05. The van der Waals surface area contributed by atoms with Crippen LogP contribution in [0.1, 0.15) is 12.5 Å². The number of rotatable bonds is 6. The van der Waals surface area contributed by atoms with Crippen molar-refractivity contribution in [3.8, 4) is 11.5 Å². The Morgan fingerprint density at radius 1 is 1.25 bits per heavy atom. The van der Waals surface area contributed by atoms with E-state index in [0.717, 1.165) is 11.3 Å². The van der Waals surface area contributed by atoms with Crippen molar-refractivity contribution in [3.05, 3.63) is 57.5 Å². The number of methoxy groups -OCH3 is 1. The Hall–Kier alpha value is -2.05. The molecule has 0 heterocycles. The van der Waals surface area contributed by atoms with Crippen LogP contribution in [0.25, 0.3) is 0 Å². The lowest BCUT2D eigenvalue weighted by molar-refractivity contribution is -0.123. The van der Waals surface area contributed by atoms with E-state index in [-0.39, 0.29) is 12.5 Å². The fraction of sp³-hybridized carbons (Fsp3) is 0.176. The predicted octanol–water partition coefficient (Wildman–Crippen LogP) is 4.03. The average molecular weight is 412 g/mol. The Kier molecular flexibility index (Phi) is 6.63. The van der Waals surface area contributed by atoms with Gasteiger partial charge in [0.25, 0.3) is 5.91 Å². The van der Waals surface area contributed by atoms with E-state index in [9.17, 15) is 4.79 Å². The van der Waals surface area contributed by atoms with Gasteiger partial charge in [0, 0.05) is 5.02 Å². The van der Waals surface area contributed by atoms with Gasteiger partial charge in [-0.15, -0.1) is 0 Å². The van der Waals surface area contributed by atoms with E-state index in [4.69, 9.17) is 21.1 Å². The molecule has 2 rings (SSSR count). The van der Waals surface area contributed by atoms with Crippen LogP contribution in [-0.4, -0.2) is 25.3 Å². The summed E-state index contributed by atoms with van der Waals surface area (Å²) in [5.74, 6) is 0.938. The van der Waals surface area contributed by atoms with Gasteiger partial charge in [0.2, 0.25) is 0 Å². The first-order chi connectivity index (χ1) is 11.5. The molecule has 0 radical (unpaired) electrons. The van der Waals surface area contributed by atoms with Gasteiger partial charge >= 0.3 is 0 Å². The van der Waals surface area contributed by atoms with Crippen LogP contribution in [-0.2, 0) is 4.79 Å². The molecule has 2 aromatic rings. The number of amides is 1. The smallest absolute Gasteiger partial charge is 0.277 e. The van der Waals surface area contributed by atoms with Gasteiger partial charge in [0.05, 0.1) is 17.3 Å². The number of carbonyl (C=O) groups is 1. The van der Waals surface area contributed by atoms with E-state index >= 15 is 0 Å². The maximum Gasteiger partial charge on any atom is 0.277 e. The molecule has 5 nitrogen and oxygen atoms in total. The summed E-state index contributed by atoms with van der Waals surface area (Å²) in [6.07, 6.45) is 0. The van der Waals surface area contributed by atoms with Crippen molar-refractivity contribution < 1.29 is 14.3 Å². The monoisotopic (exact) mass is 410 g/mol. The van der Waals surface area contributed by atoms with Crippen LogP contribution in [0.3, 0.4) is 0 Å². The summed E-state index contributed by atoms with van der Waals surface area (Å²) in [5, 5.41) is 4.64. The van der Waals surface area contributed by atoms with E-state index < -0.39 is 0 Å². The second-order valence-electron chi connectivity index (χ2n) is 4.82. The Labute approximate surface area is 153 Å². The van der Waals surface area contributed by atoms with Gasteiger partial charge in [0.1, 0.15) is 11.5 Å². The maximum absolute atomic E-state index is 11.8. The highest BCUT2D eigenvalue weighted by atomic mass is 79.9. The van der Waals surface area contributed by atoms with Gasteiger partial charge in [-0.05, 0) is 70.9 Å². The molecule has 0 atom stereocenters. The van der Waals surface area contributed by atoms with Gasteiger partial charge in [-0.3, -0.25) is 4.79 Å². The molecule has 24 heavy (non-hydrogen) atoms. The van der Waals surface area contributed by atoms with E-state index in [1.54, 1.807) is 32.2 Å². The van der Waals surface area contributed by atoms with Gasteiger partial charge in [-0.25, -0.2) is 5.43 Å². The summed E-state index contributed by atoms with van der Waals surface area (Å²) in [6.45, 7) is 1.65. The van der Waals surface area contributed by atoms with E-state index in [2.05, 4.69) is 26.5 Å². The van der Waals surface area contributed by atoms with Crippen LogP contribution < -0.4 is 14.9 Å². The molecule has 0 aliphatic rings. The molecule has 126 valence electrons. The summed E-state index contributed by atoms with van der Waals surface area (Å²) in [5.41, 5.74) is 4.03. The lowest BCUT2D eigenvalue weighted by Gasteiger charge is -2.08. The number of carbonyl (C=O) groups excluding carboxylic acids is 1. The second kappa shape index (κ2) is 8.70. The standard InChI is InChI=1S/C17H16BrClN2O3/c1-11(12-3-6-14(23-2)7-4-12)20-21-17(22)10-24-16-8-5-13(19)9-15(16)18/h3-9H,10H2,1-2H3,(H,21,22). The van der Waals surface area contributed by atoms with E-state index in [1.807, 2.05) is 24.3 Å². The molecule has 0 aliphatic heterocycles. The zero-order valence-electron chi connectivity index (χ0n) is 13.2. The molecule has 0 bridgehead atoms. The molecule has 0 spiro atoms.